The van der Waals surface area contributed by atoms with Crippen molar-refractivity contribution in [2.75, 3.05) is 13.1 Å². The third kappa shape index (κ3) is 22.2. The van der Waals surface area contributed by atoms with Crippen LogP contribution in [-0.4, -0.2) is 42.6 Å². The van der Waals surface area contributed by atoms with E-state index < -0.39 is 0 Å². The SMILES string of the molecule is C=CCNCCCCCCCCCCCC.Cl.[NaH]. The van der Waals surface area contributed by atoms with Crippen LogP contribution in [0.2, 0.25) is 0 Å². The van der Waals surface area contributed by atoms with E-state index in [9.17, 15) is 0 Å². The predicted octanol–water partition coefficient (Wildman–Crippen LogP) is 4.46. The Kier molecular flexibility index (Phi) is 30.9. The van der Waals surface area contributed by atoms with Crippen LogP contribution in [0.15, 0.2) is 12.7 Å². The van der Waals surface area contributed by atoms with Gasteiger partial charge in [-0.05, 0) is 13.0 Å². The van der Waals surface area contributed by atoms with Gasteiger partial charge in [0.25, 0.3) is 0 Å². The minimum atomic E-state index is 0. The summed E-state index contributed by atoms with van der Waals surface area (Å²) in [4.78, 5) is 0. The molecular weight excluding hydrogens is 253 g/mol. The van der Waals surface area contributed by atoms with Crippen LogP contribution < -0.4 is 5.32 Å². The van der Waals surface area contributed by atoms with E-state index in [1.165, 1.54) is 64.2 Å². The molecule has 0 aliphatic carbocycles. The number of hydrogen-bond donors (Lipinski definition) is 1. The van der Waals surface area contributed by atoms with E-state index in [1.54, 1.807) is 0 Å². The van der Waals surface area contributed by atoms with Crippen LogP contribution in [0.1, 0.15) is 71.1 Å². The molecule has 0 amide bonds. The van der Waals surface area contributed by atoms with Crippen molar-refractivity contribution in [1.29, 1.82) is 0 Å². The van der Waals surface area contributed by atoms with Crippen molar-refractivity contribution < 1.29 is 0 Å². The third-order valence-electron chi connectivity index (χ3n) is 3.00. The van der Waals surface area contributed by atoms with Gasteiger partial charge in [-0.2, -0.15) is 0 Å². The standard InChI is InChI=1S/C15H31N.ClH.Na.H/c1-3-5-6-7-8-9-10-11-12-13-15-16-14-4-2;;;/h4,16H,2-3,5-15H2,1H3;1H;;. The topological polar surface area (TPSA) is 12.0 Å². The zero-order chi connectivity index (χ0) is 11.9. The van der Waals surface area contributed by atoms with Gasteiger partial charge in [-0.1, -0.05) is 70.8 Å². The average molecular weight is 286 g/mol. The van der Waals surface area contributed by atoms with Gasteiger partial charge >= 0.3 is 29.6 Å². The van der Waals surface area contributed by atoms with Gasteiger partial charge in [0.05, 0.1) is 0 Å². The Morgan fingerprint density at radius 3 is 1.72 bits per heavy atom. The molecule has 0 atom stereocenters. The first-order valence-electron chi connectivity index (χ1n) is 7.23. The van der Waals surface area contributed by atoms with E-state index >= 15 is 0 Å². The number of rotatable bonds is 13. The van der Waals surface area contributed by atoms with Gasteiger partial charge in [-0.15, -0.1) is 19.0 Å². The number of hydrogen-bond acceptors (Lipinski definition) is 1. The Hall–Kier alpha value is 0.990. The Labute approximate surface area is 143 Å². The van der Waals surface area contributed by atoms with Gasteiger partial charge in [0.2, 0.25) is 0 Å². The fourth-order valence-corrected chi connectivity index (χ4v) is 1.94. The quantitative estimate of drug-likeness (QED) is 0.299. The summed E-state index contributed by atoms with van der Waals surface area (Å²) in [5.74, 6) is 0. The summed E-state index contributed by atoms with van der Waals surface area (Å²) < 4.78 is 0. The van der Waals surface area contributed by atoms with Gasteiger partial charge in [-0.3, -0.25) is 0 Å². The summed E-state index contributed by atoms with van der Waals surface area (Å²) in [7, 11) is 0. The normalized spacial score (nSPS) is 9.39. The van der Waals surface area contributed by atoms with Crippen molar-refractivity contribution in [2.24, 2.45) is 0 Å². The fraction of sp³-hybridized carbons (Fsp3) is 0.867. The molecule has 0 radical (unpaired) electrons. The molecule has 0 fully saturated rings. The molecule has 1 N–H and O–H groups in total. The van der Waals surface area contributed by atoms with Crippen molar-refractivity contribution in [3.05, 3.63) is 12.7 Å². The van der Waals surface area contributed by atoms with E-state index in [4.69, 9.17) is 0 Å². The summed E-state index contributed by atoms with van der Waals surface area (Å²) in [6, 6.07) is 0. The molecule has 0 spiro atoms. The average Bonchev–Trinajstić information content (AvgIpc) is 2.31. The van der Waals surface area contributed by atoms with Crippen LogP contribution in [0.4, 0.5) is 0 Å². The summed E-state index contributed by atoms with van der Waals surface area (Å²) in [5, 5.41) is 3.34. The third-order valence-corrected chi connectivity index (χ3v) is 3.00. The molecule has 0 heterocycles. The van der Waals surface area contributed by atoms with Crippen molar-refractivity contribution in [1.82, 2.24) is 5.32 Å². The first kappa shape index (κ1) is 24.0. The van der Waals surface area contributed by atoms with E-state index in [0.29, 0.717) is 0 Å². The molecule has 0 aromatic heterocycles. The van der Waals surface area contributed by atoms with E-state index in [2.05, 4.69) is 18.8 Å². The van der Waals surface area contributed by atoms with Gasteiger partial charge < -0.3 is 5.32 Å². The van der Waals surface area contributed by atoms with Crippen molar-refractivity contribution in [2.45, 2.75) is 71.1 Å². The molecule has 0 rings (SSSR count). The first-order valence-corrected chi connectivity index (χ1v) is 7.23. The fourth-order valence-electron chi connectivity index (χ4n) is 1.94. The molecule has 0 saturated carbocycles. The van der Waals surface area contributed by atoms with Crippen LogP contribution in [0.5, 0.6) is 0 Å². The van der Waals surface area contributed by atoms with E-state index in [-0.39, 0.29) is 42.0 Å². The molecule has 0 bridgehead atoms. The first-order chi connectivity index (χ1) is 7.91. The summed E-state index contributed by atoms with van der Waals surface area (Å²) in [6.45, 7) is 8.08. The predicted molar refractivity (Wildman–Crippen MR) is 89.3 cm³/mol. The zero-order valence-corrected chi connectivity index (χ0v) is 12.5. The second-order valence-electron chi connectivity index (χ2n) is 4.67. The molecule has 0 aliphatic heterocycles. The maximum atomic E-state index is 3.69. The Morgan fingerprint density at radius 2 is 1.28 bits per heavy atom. The van der Waals surface area contributed by atoms with Crippen molar-refractivity contribution >= 4 is 42.0 Å². The molecule has 0 unspecified atom stereocenters. The molecule has 0 aromatic rings. The molecule has 3 heteroatoms. The van der Waals surface area contributed by atoms with E-state index in [0.717, 1.165) is 13.1 Å². The molecule has 18 heavy (non-hydrogen) atoms. The van der Waals surface area contributed by atoms with Crippen molar-refractivity contribution in [3.63, 3.8) is 0 Å². The summed E-state index contributed by atoms with van der Waals surface area (Å²) >= 11 is 0. The van der Waals surface area contributed by atoms with Crippen LogP contribution in [0, 0.1) is 0 Å². The number of unbranched alkanes of at least 4 members (excludes halogenated alkanes) is 9. The number of halogens is 1. The van der Waals surface area contributed by atoms with Crippen LogP contribution in [0.25, 0.3) is 0 Å². The number of nitrogens with one attached hydrogen (secondary N) is 1. The van der Waals surface area contributed by atoms with Gasteiger partial charge in [0.1, 0.15) is 0 Å². The van der Waals surface area contributed by atoms with Crippen molar-refractivity contribution in [3.8, 4) is 0 Å². The Bertz CT molecular complexity index is 142. The zero-order valence-electron chi connectivity index (χ0n) is 11.7. The van der Waals surface area contributed by atoms with Crippen LogP contribution in [-0.2, 0) is 0 Å². The Balaban J connectivity index is -0.00000112. The maximum absolute atomic E-state index is 3.69. The molecule has 0 aromatic carbocycles. The molecular formula is C15H33ClNNa. The molecule has 0 aliphatic rings. The molecule has 106 valence electrons. The minimum absolute atomic E-state index is 0. The molecule has 0 saturated heterocycles. The van der Waals surface area contributed by atoms with Gasteiger partial charge in [0, 0.05) is 6.54 Å². The molecule has 1 nitrogen and oxygen atoms in total. The van der Waals surface area contributed by atoms with Crippen LogP contribution >= 0.6 is 12.4 Å². The van der Waals surface area contributed by atoms with Crippen LogP contribution in [0.3, 0.4) is 0 Å². The second kappa shape index (κ2) is 23.1. The Morgan fingerprint density at radius 1 is 0.833 bits per heavy atom. The van der Waals surface area contributed by atoms with E-state index in [1.807, 2.05) is 6.08 Å². The van der Waals surface area contributed by atoms with Gasteiger partial charge in [0.15, 0.2) is 0 Å². The second-order valence-corrected chi connectivity index (χ2v) is 4.67. The summed E-state index contributed by atoms with van der Waals surface area (Å²) in [6.07, 6.45) is 16.1. The summed E-state index contributed by atoms with van der Waals surface area (Å²) in [5.41, 5.74) is 0. The van der Waals surface area contributed by atoms with Gasteiger partial charge in [-0.25, -0.2) is 0 Å². The monoisotopic (exact) mass is 285 g/mol.